The number of hydrogen-bond donors (Lipinski definition) is 7. The molecule has 0 amide bonds. The topological polar surface area (TPSA) is 214 Å². The van der Waals surface area contributed by atoms with E-state index in [1.165, 1.54) is 148 Å². The normalized spacial score (nSPS) is 25.2. The van der Waals surface area contributed by atoms with Gasteiger partial charge in [0.1, 0.15) is 54.9 Å². The van der Waals surface area contributed by atoms with Crippen molar-refractivity contribution in [2.45, 2.75) is 300 Å². The average Bonchev–Trinajstić information content (AvgIpc) is 3.39. The van der Waals surface area contributed by atoms with Gasteiger partial charge in [0.2, 0.25) is 0 Å². The maximum atomic E-state index is 13.1. The van der Waals surface area contributed by atoms with Crippen LogP contribution in [0.25, 0.3) is 0 Å². The number of aliphatic hydroxyl groups excluding tert-OH is 7. The fourth-order valence-corrected chi connectivity index (χ4v) is 9.35. The Balaban J connectivity index is 1.72. The van der Waals surface area contributed by atoms with Crippen LogP contribution in [0.1, 0.15) is 232 Å². The summed E-state index contributed by atoms with van der Waals surface area (Å²) in [5, 5.41) is 72.4. The monoisotopic (exact) mass is 1040 g/mol. The molecule has 2 heterocycles. The predicted molar refractivity (Wildman–Crippen MR) is 289 cm³/mol. The number of ether oxygens (including phenoxy) is 6. The van der Waals surface area contributed by atoms with Crippen LogP contribution in [0, 0.1) is 0 Å². The van der Waals surface area contributed by atoms with Crippen molar-refractivity contribution in [1.82, 2.24) is 0 Å². The average molecular weight is 1040 g/mol. The summed E-state index contributed by atoms with van der Waals surface area (Å²) in [5.41, 5.74) is 0. The minimum absolute atomic E-state index is 0.0576. The smallest absolute Gasteiger partial charge is 0.306 e. The van der Waals surface area contributed by atoms with Gasteiger partial charge in [-0.15, -0.1) is 0 Å². The van der Waals surface area contributed by atoms with E-state index in [1.54, 1.807) is 0 Å². The lowest BCUT2D eigenvalue weighted by atomic mass is 9.98. The van der Waals surface area contributed by atoms with Gasteiger partial charge in [-0.3, -0.25) is 4.79 Å². The zero-order valence-corrected chi connectivity index (χ0v) is 45.9. The molecule has 2 fully saturated rings. The van der Waals surface area contributed by atoms with Gasteiger partial charge in [-0.25, -0.2) is 0 Å². The van der Waals surface area contributed by atoms with E-state index in [0.29, 0.717) is 13.0 Å². The Kier molecular flexibility index (Phi) is 42.7. The summed E-state index contributed by atoms with van der Waals surface area (Å²) in [7, 11) is 0. The van der Waals surface area contributed by atoms with E-state index in [4.69, 9.17) is 28.4 Å². The van der Waals surface area contributed by atoms with E-state index < -0.39 is 80.7 Å². The number of carbonyl (C=O) groups is 1. The number of esters is 1. The summed E-state index contributed by atoms with van der Waals surface area (Å²) in [6, 6.07) is 0. The van der Waals surface area contributed by atoms with Crippen LogP contribution in [-0.4, -0.2) is 142 Å². The van der Waals surface area contributed by atoms with Crippen molar-refractivity contribution in [3.8, 4) is 0 Å². The summed E-state index contributed by atoms with van der Waals surface area (Å²) < 4.78 is 34.4. The molecule has 14 heteroatoms. The predicted octanol–water partition coefficient (Wildman–Crippen LogP) is 10.5. The molecular weight excluding hydrogens is 933 g/mol. The lowest BCUT2D eigenvalue weighted by Gasteiger charge is -2.42. The molecule has 2 aliphatic heterocycles. The Morgan fingerprint density at radius 2 is 0.849 bits per heavy atom. The Bertz CT molecular complexity index is 1350. The summed E-state index contributed by atoms with van der Waals surface area (Å²) in [5.74, 6) is -0.376. The van der Waals surface area contributed by atoms with E-state index in [9.17, 15) is 40.5 Å². The molecule has 73 heavy (non-hydrogen) atoms. The van der Waals surface area contributed by atoms with Crippen molar-refractivity contribution in [1.29, 1.82) is 0 Å². The van der Waals surface area contributed by atoms with Gasteiger partial charge < -0.3 is 64.2 Å². The van der Waals surface area contributed by atoms with E-state index in [2.05, 4.69) is 50.3 Å². The molecule has 0 aromatic rings. The van der Waals surface area contributed by atoms with Gasteiger partial charge in [-0.1, -0.05) is 211 Å². The number of rotatable bonds is 48. The molecule has 0 spiro atoms. The van der Waals surface area contributed by atoms with Crippen LogP contribution in [0.15, 0.2) is 36.5 Å². The van der Waals surface area contributed by atoms with Crippen LogP contribution in [0.2, 0.25) is 0 Å². The van der Waals surface area contributed by atoms with Crippen LogP contribution < -0.4 is 0 Å². The SMILES string of the molecule is CCCCC/C=C\C/C=C\C/C=C\CCCCCCCCCOCC(COC1OC(COC2OC(CO)C(O)C(O)C2O)C(O)C(O)C1O)OC(=O)CCCCCCCCCCCCCCCCCCCCC. The third kappa shape index (κ3) is 33.2. The van der Waals surface area contributed by atoms with Crippen molar-refractivity contribution >= 4 is 5.97 Å². The lowest BCUT2D eigenvalue weighted by Crippen LogP contribution is -2.61. The second-order valence-corrected chi connectivity index (χ2v) is 20.8. The molecule has 0 aromatic carbocycles. The first-order valence-corrected chi connectivity index (χ1v) is 29.6. The van der Waals surface area contributed by atoms with Crippen LogP contribution in [0.3, 0.4) is 0 Å². The molecule has 2 rings (SSSR count). The molecule has 11 atom stereocenters. The largest absolute Gasteiger partial charge is 0.457 e. The van der Waals surface area contributed by atoms with Gasteiger partial charge in [0, 0.05) is 13.0 Å². The number of unbranched alkanes of at least 4 members (excludes halogenated alkanes) is 28. The van der Waals surface area contributed by atoms with Gasteiger partial charge >= 0.3 is 5.97 Å². The van der Waals surface area contributed by atoms with Gasteiger partial charge in [-0.2, -0.15) is 0 Å². The quantitative estimate of drug-likeness (QED) is 0.0172. The highest BCUT2D eigenvalue weighted by atomic mass is 16.7. The second-order valence-electron chi connectivity index (χ2n) is 20.8. The maximum Gasteiger partial charge on any atom is 0.306 e. The third-order valence-electron chi connectivity index (χ3n) is 14.2. The number of allylic oxidation sites excluding steroid dienone is 6. The van der Waals surface area contributed by atoms with Crippen molar-refractivity contribution in [3.05, 3.63) is 36.5 Å². The van der Waals surface area contributed by atoms with E-state index >= 15 is 0 Å². The van der Waals surface area contributed by atoms with Gasteiger partial charge in [0.15, 0.2) is 12.6 Å². The molecule has 0 radical (unpaired) electrons. The molecule has 0 saturated carbocycles. The number of carbonyl (C=O) groups excluding carboxylic acids is 1. The van der Waals surface area contributed by atoms with Crippen LogP contribution in [0.5, 0.6) is 0 Å². The van der Waals surface area contributed by atoms with Crippen LogP contribution in [0.4, 0.5) is 0 Å². The first-order chi connectivity index (χ1) is 35.6. The van der Waals surface area contributed by atoms with Crippen molar-refractivity contribution in [3.63, 3.8) is 0 Å². The molecule has 2 aliphatic rings. The van der Waals surface area contributed by atoms with E-state index in [0.717, 1.165) is 57.8 Å². The molecule has 428 valence electrons. The standard InChI is InChI=1S/C59H108O14/c1-3-5-7-9-11-13-15-17-19-21-23-25-27-29-31-33-35-37-39-41-43-68-45-48(71-51(61)42-40-38-36-34-32-30-28-26-24-22-20-18-16-14-12-10-8-6-4-2)46-69-58-57(67)55(65)53(63)50(73-58)47-70-59-56(66)54(64)52(62)49(44-60)72-59/h11,13,17,19,23,25,48-50,52-60,62-67H,3-10,12,14-16,18,20-22,24,26-47H2,1-2H3/b13-11-,19-17-,25-23-. The lowest BCUT2D eigenvalue weighted by molar-refractivity contribution is -0.332. The Morgan fingerprint density at radius 1 is 0.452 bits per heavy atom. The highest BCUT2D eigenvalue weighted by Gasteiger charge is 2.47. The van der Waals surface area contributed by atoms with Gasteiger partial charge in [0.25, 0.3) is 0 Å². The summed E-state index contributed by atoms with van der Waals surface area (Å²) in [4.78, 5) is 13.1. The van der Waals surface area contributed by atoms with Crippen molar-refractivity contribution < 1.29 is 69.0 Å². The molecule has 2 saturated heterocycles. The minimum atomic E-state index is -1.71. The van der Waals surface area contributed by atoms with Crippen molar-refractivity contribution in [2.24, 2.45) is 0 Å². The van der Waals surface area contributed by atoms with Gasteiger partial charge in [0.05, 0.1) is 26.4 Å². The molecular formula is C59H108O14. The van der Waals surface area contributed by atoms with E-state index in [1.807, 2.05) is 0 Å². The van der Waals surface area contributed by atoms with Crippen LogP contribution in [-0.2, 0) is 33.2 Å². The highest BCUT2D eigenvalue weighted by molar-refractivity contribution is 5.69. The molecule has 0 bridgehead atoms. The Morgan fingerprint density at radius 3 is 1.36 bits per heavy atom. The first kappa shape index (κ1) is 67.3. The third-order valence-corrected chi connectivity index (χ3v) is 14.2. The number of hydrogen-bond acceptors (Lipinski definition) is 14. The fourth-order valence-electron chi connectivity index (χ4n) is 9.35. The molecule has 7 N–H and O–H groups in total. The Labute approximate surface area is 442 Å². The Hall–Kier alpha value is -1.79. The zero-order chi connectivity index (χ0) is 53.0. The summed E-state index contributed by atoms with van der Waals surface area (Å²) in [6.45, 7) is 3.68. The summed E-state index contributed by atoms with van der Waals surface area (Å²) >= 11 is 0. The second kappa shape index (κ2) is 46.3. The highest BCUT2D eigenvalue weighted by Crippen LogP contribution is 2.27. The van der Waals surface area contributed by atoms with Crippen LogP contribution >= 0.6 is 0 Å². The number of aliphatic hydroxyl groups is 7. The zero-order valence-electron chi connectivity index (χ0n) is 45.9. The fraction of sp³-hybridized carbons (Fsp3) is 0.881. The maximum absolute atomic E-state index is 13.1. The first-order valence-electron chi connectivity index (χ1n) is 29.6. The van der Waals surface area contributed by atoms with Crippen molar-refractivity contribution in [2.75, 3.05) is 33.0 Å². The summed E-state index contributed by atoms with van der Waals surface area (Å²) in [6.07, 6.45) is 37.7. The molecule has 0 aromatic heterocycles. The molecule has 0 aliphatic carbocycles. The molecule has 11 unspecified atom stereocenters. The van der Waals surface area contributed by atoms with Gasteiger partial charge in [-0.05, 0) is 51.4 Å². The van der Waals surface area contributed by atoms with E-state index in [-0.39, 0.29) is 25.6 Å². The molecule has 14 nitrogen and oxygen atoms in total. The minimum Gasteiger partial charge on any atom is -0.457 e.